The molecule has 1 unspecified atom stereocenters. The van der Waals surface area contributed by atoms with E-state index in [0.29, 0.717) is 11.8 Å². The lowest BCUT2D eigenvalue weighted by atomic mass is 10.3. The Labute approximate surface area is 111 Å². The number of rotatable bonds is 6. The lowest BCUT2D eigenvalue weighted by molar-refractivity contribution is 0.678. The molecule has 2 rings (SSSR count). The first-order chi connectivity index (χ1) is 8.72. The maximum absolute atomic E-state index is 11.8. The molecule has 0 aliphatic carbocycles. The lowest BCUT2D eigenvalue weighted by Gasteiger charge is -2.08. The van der Waals surface area contributed by atoms with Gasteiger partial charge in [-0.15, -0.1) is 0 Å². The number of nitrogens with two attached hydrogens (primary N) is 1. The average Bonchev–Trinajstić information content (AvgIpc) is 2.70. The number of aromatic nitrogens is 2. The molecule has 4 nitrogen and oxygen atoms in total. The van der Waals surface area contributed by atoms with Crippen LogP contribution in [0.4, 0.5) is 0 Å². The minimum atomic E-state index is -0.0203. The summed E-state index contributed by atoms with van der Waals surface area (Å²) in [6.07, 6.45) is 0.983. The van der Waals surface area contributed by atoms with E-state index in [4.69, 9.17) is 5.73 Å². The van der Waals surface area contributed by atoms with Gasteiger partial charge in [0.05, 0.1) is 11.0 Å². The minimum Gasteiger partial charge on any atom is -0.329 e. The molecule has 0 bridgehead atoms. The van der Waals surface area contributed by atoms with Crippen LogP contribution in [0.2, 0.25) is 0 Å². The standard InChI is InChI=1S/C13H19N3OS/c1-10(9-14)18-8-4-7-16-12-6-3-2-5-11(12)15-13(16)17/h2-3,5-6,10H,4,7-9,14H2,1H3,(H,15,17). The molecule has 5 heteroatoms. The predicted octanol–water partition coefficient (Wildman–Crippen LogP) is 1.80. The number of nitrogens with one attached hydrogen (secondary N) is 1. The zero-order valence-electron chi connectivity index (χ0n) is 10.6. The minimum absolute atomic E-state index is 0.0203. The van der Waals surface area contributed by atoms with Crippen molar-refractivity contribution in [3.8, 4) is 0 Å². The molecule has 0 aliphatic heterocycles. The Balaban J connectivity index is 1.99. The molecule has 0 saturated heterocycles. The van der Waals surface area contributed by atoms with E-state index in [1.165, 1.54) is 0 Å². The number of hydrogen-bond acceptors (Lipinski definition) is 3. The van der Waals surface area contributed by atoms with Gasteiger partial charge in [-0.05, 0) is 24.3 Å². The molecule has 98 valence electrons. The van der Waals surface area contributed by atoms with Crippen molar-refractivity contribution in [1.82, 2.24) is 9.55 Å². The molecule has 0 spiro atoms. The van der Waals surface area contributed by atoms with Crippen LogP contribution in [0.5, 0.6) is 0 Å². The van der Waals surface area contributed by atoms with Gasteiger partial charge in [-0.25, -0.2) is 4.79 Å². The van der Waals surface area contributed by atoms with Crippen LogP contribution >= 0.6 is 11.8 Å². The van der Waals surface area contributed by atoms with Crippen molar-refractivity contribution in [1.29, 1.82) is 0 Å². The number of hydrogen-bond donors (Lipinski definition) is 2. The zero-order chi connectivity index (χ0) is 13.0. The molecule has 0 radical (unpaired) electrons. The first kappa shape index (κ1) is 13.2. The van der Waals surface area contributed by atoms with Crippen LogP contribution in [0.15, 0.2) is 29.1 Å². The summed E-state index contributed by atoms with van der Waals surface area (Å²) in [5.41, 5.74) is 7.44. The second-order valence-corrected chi connectivity index (χ2v) is 5.92. The van der Waals surface area contributed by atoms with E-state index < -0.39 is 0 Å². The van der Waals surface area contributed by atoms with E-state index in [-0.39, 0.29) is 5.69 Å². The lowest BCUT2D eigenvalue weighted by Crippen LogP contribution is -2.18. The van der Waals surface area contributed by atoms with Gasteiger partial charge in [0.1, 0.15) is 0 Å². The summed E-state index contributed by atoms with van der Waals surface area (Å²) in [6.45, 7) is 3.59. The first-order valence-corrected chi connectivity index (χ1v) is 7.26. The Bertz CT molecular complexity index is 561. The number of aromatic amines is 1. The summed E-state index contributed by atoms with van der Waals surface area (Å²) < 4.78 is 1.81. The number of aryl methyl sites for hydroxylation is 1. The molecular formula is C13H19N3OS. The molecule has 1 aromatic heterocycles. The van der Waals surface area contributed by atoms with Gasteiger partial charge >= 0.3 is 5.69 Å². The Kier molecular flexibility index (Phi) is 4.49. The summed E-state index contributed by atoms with van der Waals surface area (Å²) in [5, 5.41) is 0.490. The summed E-state index contributed by atoms with van der Waals surface area (Å²) in [5.74, 6) is 1.03. The van der Waals surface area contributed by atoms with Gasteiger partial charge in [-0.1, -0.05) is 19.1 Å². The average molecular weight is 265 g/mol. The van der Waals surface area contributed by atoms with E-state index in [1.807, 2.05) is 40.6 Å². The predicted molar refractivity (Wildman–Crippen MR) is 78.2 cm³/mol. The quantitative estimate of drug-likeness (QED) is 0.783. The van der Waals surface area contributed by atoms with E-state index in [9.17, 15) is 4.79 Å². The van der Waals surface area contributed by atoms with Crippen molar-refractivity contribution in [2.24, 2.45) is 5.73 Å². The van der Waals surface area contributed by atoms with Crippen molar-refractivity contribution in [2.75, 3.05) is 12.3 Å². The molecule has 0 fully saturated rings. The molecule has 0 aliphatic rings. The van der Waals surface area contributed by atoms with Gasteiger partial charge < -0.3 is 10.7 Å². The van der Waals surface area contributed by atoms with Crippen LogP contribution in [0.25, 0.3) is 11.0 Å². The fourth-order valence-electron chi connectivity index (χ4n) is 1.90. The third-order valence-electron chi connectivity index (χ3n) is 2.94. The van der Waals surface area contributed by atoms with Gasteiger partial charge in [0.25, 0.3) is 0 Å². The highest BCUT2D eigenvalue weighted by Crippen LogP contribution is 2.13. The second-order valence-electron chi connectivity index (χ2n) is 4.37. The van der Waals surface area contributed by atoms with Crippen molar-refractivity contribution >= 4 is 22.8 Å². The molecule has 0 amide bonds. The summed E-state index contributed by atoms with van der Waals surface area (Å²) >= 11 is 1.86. The highest BCUT2D eigenvalue weighted by molar-refractivity contribution is 7.99. The number of H-pyrrole nitrogens is 1. The van der Waals surface area contributed by atoms with Crippen molar-refractivity contribution in [2.45, 2.75) is 25.1 Å². The molecule has 0 saturated carbocycles. The molecule has 2 aromatic rings. The van der Waals surface area contributed by atoms with E-state index in [0.717, 1.165) is 29.8 Å². The Morgan fingerprint density at radius 3 is 3.00 bits per heavy atom. The fourth-order valence-corrected chi connectivity index (χ4v) is 2.74. The Hall–Kier alpha value is -1.20. The molecule has 3 N–H and O–H groups in total. The number of imidazole rings is 1. The zero-order valence-corrected chi connectivity index (χ0v) is 11.4. The number of benzene rings is 1. The fraction of sp³-hybridized carbons (Fsp3) is 0.462. The van der Waals surface area contributed by atoms with Gasteiger partial charge in [0.2, 0.25) is 0 Å². The number of thioether (sulfide) groups is 1. The number of para-hydroxylation sites is 2. The SMILES string of the molecule is CC(CN)SCCCn1c(=O)[nH]c2ccccc21. The monoisotopic (exact) mass is 265 g/mol. The van der Waals surface area contributed by atoms with Crippen LogP contribution in [0.1, 0.15) is 13.3 Å². The van der Waals surface area contributed by atoms with Crippen LogP contribution < -0.4 is 11.4 Å². The number of fused-ring (bicyclic) bond motifs is 1. The molecule has 1 atom stereocenters. The van der Waals surface area contributed by atoms with Crippen LogP contribution in [0.3, 0.4) is 0 Å². The van der Waals surface area contributed by atoms with Gasteiger partial charge in [0.15, 0.2) is 0 Å². The number of nitrogens with zero attached hydrogens (tertiary/aromatic N) is 1. The topological polar surface area (TPSA) is 63.8 Å². The molecule has 1 aromatic carbocycles. The Morgan fingerprint density at radius 2 is 2.22 bits per heavy atom. The van der Waals surface area contributed by atoms with Crippen molar-refractivity contribution in [3.05, 3.63) is 34.7 Å². The smallest absolute Gasteiger partial charge is 0.326 e. The maximum atomic E-state index is 11.8. The van der Waals surface area contributed by atoms with E-state index >= 15 is 0 Å². The summed E-state index contributed by atoms with van der Waals surface area (Å²) in [7, 11) is 0. The normalized spacial score (nSPS) is 13.0. The first-order valence-electron chi connectivity index (χ1n) is 6.21. The molecule has 18 heavy (non-hydrogen) atoms. The van der Waals surface area contributed by atoms with Crippen molar-refractivity contribution < 1.29 is 0 Å². The van der Waals surface area contributed by atoms with Crippen LogP contribution in [-0.2, 0) is 6.54 Å². The molecular weight excluding hydrogens is 246 g/mol. The van der Waals surface area contributed by atoms with Crippen LogP contribution in [0, 0.1) is 0 Å². The summed E-state index contributed by atoms with van der Waals surface area (Å²) in [6, 6.07) is 7.79. The van der Waals surface area contributed by atoms with E-state index in [2.05, 4.69) is 11.9 Å². The molecule has 1 heterocycles. The van der Waals surface area contributed by atoms with Gasteiger partial charge in [-0.3, -0.25) is 4.57 Å². The van der Waals surface area contributed by atoms with E-state index in [1.54, 1.807) is 0 Å². The van der Waals surface area contributed by atoms with Crippen LogP contribution in [-0.4, -0.2) is 27.1 Å². The largest absolute Gasteiger partial charge is 0.329 e. The third-order valence-corrected chi connectivity index (χ3v) is 4.23. The Morgan fingerprint density at radius 1 is 1.44 bits per heavy atom. The second kappa shape index (κ2) is 6.11. The highest BCUT2D eigenvalue weighted by atomic mass is 32.2. The van der Waals surface area contributed by atoms with Crippen molar-refractivity contribution in [3.63, 3.8) is 0 Å². The highest BCUT2D eigenvalue weighted by Gasteiger charge is 2.05. The third kappa shape index (κ3) is 2.97. The van der Waals surface area contributed by atoms with Gasteiger partial charge in [-0.2, -0.15) is 11.8 Å². The summed E-state index contributed by atoms with van der Waals surface area (Å²) in [4.78, 5) is 14.7. The maximum Gasteiger partial charge on any atom is 0.326 e. The van der Waals surface area contributed by atoms with Gasteiger partial charge in [0, 0.05) is 18.3 Å².